The molecule has 2 aromatic rings. The number of hydrogen-bond donors (Lipinski definition) is 2. The molecule has 2 rings (SSSR count). The van der Waals surface area contributed by atoms with Gasteiger partial charge in [-0.3, -0.25) is 4.99 Å². The second kappa shape index (κ2) is 11.9. The van der Waals surface area contributed by atoms with Crippen LogP contribution in [0.1, 0.15) is 26.6 Å². The minimum atomic E-state index is 0. The lowest BCUT2D eigenvalue weighted by Crippen LogP contribution is -2.44. The average Bonchev–Trinajstić information content (AvgIpc) is 3.07. The molecule has 0 aliphatic rings. The number of thioether (sulfide) groups is 1. The molecular weight excluding hydrogens is 539 g/mol. The molecule has 0 aliphatic heterocycles. The van der Waals surface area contributed by atoms with Gasteiger partial charge in [0.1, 0.15) is 12.2 Å². The van der Waals surface area contributed by atoms with Gasteiger partial charge < -0.3 is 15.2 Å². The molecule has 0 unspecified atom stereocenters. The fourth-order valence-corrected chi connectivity index (χ4v) is 3.73. The van der Waals surface area contributed by atoms with E-state index < -0.39 is 0 Å². The van der Waals surface area contributed by atoms with Gasteiger partial charge >= 0.3 is 0 Å². The summed E-state index contributed by atoms with van der Waals surface area (Å²) >= 11 is 5.32. The minimum Gasteiger partial charge on any atom is -0.355 e. The smallest absolute Gasteiger partial charge is 0.191 e. The maximum atomic E-state index is 4.31. The first-order valence-corrected chi connectivity index (χ1v) is 10.3. The fraction of sp³-hybridized carbons (Fsp3) is 0.500. The third-order valence-electron chi connectivity index (χ3n) is 3.77. The van der Waals surface area contributed by atoms with Crippen LogP contribution in [-0.2, 0) is 13.0 Å². The molecule has 1 aromatic heterocycles. The largest absolute Gasteiger partial charge is 0.355 e. The molecule has 0 atom stereocenters. The SMILES string of the molecule is CCc1nncn1CCNC(=NC)NCC(C)(C)Sc1ccc(Br)cc1.I. The quantitative estimate of drug-likeness (QED) is 0.219. The maximum absolute atomic E-state index is 4.31. The summed E-state index contributed by atoms with van der Waals surface area (Å²) in [7, 11) is 1.79. The van der Waals surface area contributed by atoms with Crippen molar-refractivity contribution in [1.82, 2.24) is 25.4 Å². The molecule has 2 N–H and O–H groups in total. The number of guanidine groups is 1. The highest BCUT2D eigenvalue weighted by atomic mass is 127. The first-order valence-electron chi connectivity index (χ1n) is 8.69. The van der Waals surface area contributed by atoms with Gasteiger partial charge in [0.15, 0.2) is 5.96 Å². The van der Waals surface area contributed by atoms with E-state index in [4.69, 9.17) is 0 Å². The van der Waals surface area contributed by atoms with Gasteiger partial charge in [0.2, 0.25) is 0 Å². The third-order valence-corrected chi connectivity index (χ3v) is 5.50. The zero-order chi connectivity index (χ0) is 19.0. The lowest BCUT2D eigenvalue weighted by atomic mass is 10.2. The van der Waals surface area contributed by atoms with Crippen LogP contribution in [0.5, 0.6) is 0 Å². The van der Waals surface area contributed by atoms with Crippen molar-refractivity contribution in [2.75, 3.05) is 20.1 Å². The molecule has 0 spiro atoms. The number of hydrogen-bond acceptors (Lipinski definition) is 4. The Bertz CT molecular complexity index is 717. The lowest BCUT2D eigenvalue weighted by molar-refractivity contribution is 0.621. The van der Waals surface area contributed by atoms with Gasteiger partial charge in [0, 0.05) is 47.2 Å². The van der Waals surface area contributed by atoms with E-state index in [2.05, 4.69) is 91.4 Å². The second-order valence-corrected chi connectivity index (χ2v) is 9.16. The number of rotatable bonds is 8. The monoisotopic (exact) mass is 566 g/mol. The molecule has 0 fully saturated rings. The van der Waals surface area contributed by atoms with Crippen LogP contribution in [0.25, 0.3) is 0 Å². The Balaban J connectivity index is 0.00000364. The van der Waals surface area contributed by atoms with Crippen molar-refractivity contribution in [1.29, 1.82) is 0 Å². The standard InChI is InChI=1S/C18H27BrN6S.HI/c1-5-16-24-23-13-25(16)11-10-21-17(20-4)22-12-18(2,3)26-15-8-6-14(19)7-9-15;/h6-9,13H,5,10-12H2,1-4H3,(H2,20,21,22);1H. The van der Waals surface area contributed by atoms with Crippen LogP contribution in [0.4, 0.5) is 0 Å². The van der Waals surface area contributed by atoms with Gasteiger partial charge in [-0.05, 0) is 38.1 Å². The van der Waals surface area contributed by atoms with E-state index in [0.29, 0.717) is 0 Å². The summed E-state index contributed by atoms with van der Waals surface area (Å²) in [5.74, 6) is 1.81. The van der Waals surface area contributed by atoms with Crippen LogP contribution in [0.15, 0.2) is 45.0 Å². The highest BCUT2D eigenvalue weighted by molar-refractivity contribution is 14.0. The van der Waals surface area contributed by atoms with Gasteiger partial charge in [0.25, 0.3) is 0 Å². The molecule has 0 amide bonds. The number of nitrogens with one attached hydrogen (secondary N) is 2. The minimum absolute atomic E-state index is 0. The summed E-state index contributed by atoms with van der Waals surface area (Å²) in [6, 6.07) is 8.41. The first kappa shape index (κ1) is 24.2. The lowest BCUT2D eigenvalue weighted by Gasteiger charge is -2.25. The van der Waals surface area contributed by atoms with Crippen LogP contribution in [-0.4, -0.2) is 45.6 Å². The van der Waals surface area contributed by atoms with Gasteiger partial charge in [0.05, 0.1) is 0 Å². The van der Waals surface area contributed by atoms with Crippen molar-refractivity contribution in [3.63, 3.8) is 0 Å². The Labute approximate surface area is 191 Å². The first-order chi connectivity index (χ1) is 12.4. The predicted molar refractivity (Wildman–Crippen MR) is 128 cm³/mol. The number of nitrogens with zero attached hydrogens (tertiary/aromatic N) is 4. The molecule has 0 radical (unpaired) electrons. The van der Waals surface area contributed by atoms with E-state index in [-0.39, 0.29) is 28.7 Å². The van der Waals surface area contributed by atoms with Crippen LogP contribution in [0.2, 0.25) is 0 Å². The van der Waals surface area contributed by atoms with E-state index in [9.17, 15) is 0 Å². The molecule has 1 aromatic carbocycles. The van der Waals surface area contributed by atoms with E-state index in [0.717, 1.165) is 42.3 Å². The van der Waals surface area contributed by atoms with Gasteiger partial charge in [-0.15, -0.1) is 45.9 Å². The fourth-order valence-electron chi connectivity index (χ4n) is 2.41. The summed E-state index contributed by atoms with van der Waals surface area (Å²) < 4.78 is 3.20. The van der Waals surface area contributed by atoms with Gasteiger partial charge in [-0.2, -0.15) is 0 Å². The van der Waals surface area contributed by atoms with E-state index in [1.165, 1.54) is 4.90 Å². The number of benzene rings is 1. The topological polar surface area (TPSA) is 67.1 Å². The molecule has 27 heavy (non-hydrogen) atoms. The summed E-state index contributed by atoms with van der Waals surface area (Å²) in [5.41, 5.74) is 0. The second-order valence-electron chi connectivity index (χ2n) is 6.46. The van der Waals surface area contributed by atoms with E-state index in [1.54, 1.807) is 13.4 Å². The van der Waals surface area contributed by atoms with Crippen LogP contribution in [0, 0.1) is 0 Å². The molecule has 1 heterocycles. The van der Waals surface area contributed by atoms with Crippen LogP contribution in [0.3, 0.4) is 0 Å². The number of halogens is 2. The van der Waals surface area contributed by atoms with Crippen LogP contribution < -0.4 is 10.6 Å². The van der Waals surface area contributed by atoms with Crippen molar-refractivity contribution in [2.24, 2.45) is 4.99 Å². The molecule has 9 heteroatoms. The van der Waals surface area contributed by atoms with E-state index in [1.807, 2.05) is 11.8 Å². The Hall–Kier alpha value is -0.810. The van der Waals surface area contributed by atoms with Crippen LogP contribution >= 0.6 is 51.7 Å². The molecular formula is C18H28BrIN6S. The average molecular weight is 567 g/mol. The maximum Gasteiger partial charge on any atom is 0.191 e. The number of aryl methyl sites for hydroxylation is 1. The Kier molecular flexibility index (Phi) is 10.7. The van der Waals surface area contributed by atoms with Crippen molar-refractivity contribution < 1.29 is 0 Å². The Morgan fingerprint density at radius 1 is 1.26 bits per heavy atom. The molecule has 150 valence electrons. The normalized spacial score (nSPS) is 11.8. The highest BCUT2D eigenvalue weighted by Gasteiger charge is 2.20. The predicted octanol–water partition coefficient (Wildman–Crippen LogP) is 3.96. The van der Waals surface area contributed by atoms with Gasteiger partial charge in [-0.25, -0.2) is 0 Å². The molecule has 0 saturated heterocycles. The van der Waals surface area contributed by atoms with E-state index >= 15 is 0 Å². The van der Waals surface area contributed by atoms with Gasteiger partial charge in [-0.1, -0.05) is 22.9 Å². The summed E-state index contributed by atoms with van der Waals surface area (Å²) in [6.07, 6.45) is 2.66. The summed E-state index contributed by atoms with van der Waals surface area (Å²) in [6.45, 7) is 8.92. The molecule has 0 aliphatic carbocycles. The number of aromatic nitrogens is 3. The molecule has 0 saturated carbocycles. The summed E-state index contributed by atoms with van der Waals surface area (Å²) in [4.78, 5) is 5.56. The number of aliphatic imine (C=N–C) groups is 1. The zero-order valence-electron chi connectivity index (χ0n) is 16.2. The third kappa shape index (κ3) is 8.39. The van der Waals surface area contributed by atoms with Crippen molar-refractivity contribution in [2.45, 2.75) is 43.4 Å². The molecule has 0 bridgehead atoms. The Morgan fingerprint density at radius 3 is 2.59 bits per heavy atom. The summed E-state index contributed by atoms with van der Waals surface area (Å²) in [5, 5.41) is 14.8. The van der Waals surface area contributed by atoms with Crippen molar-refractivity contribution >= 4 is 57.6 Å². The molecule has 6 nitrogen and oxygen atoms in total. The van der Waals surface area contributed by atoms with Crippen molar-refractivity contribution in [3.05, 3.63) is 40.9 Å². The Morgan fingerprint density at radius 2 is 1.96 bits per heavy atom. The van der Waals surface area contributed by atoms with Crippen molar-refractivity contribution in [3.8, 4) is 0 Å². The highest BCUT2D eigenvalue weighted by Crippen LogP contribution is 2.32. The zero-order valence-corrected chi connectivity index (χ0v) is 20.9.